The van der Waals surface area contributed by atoms with Crippen molar-refractivity contribution in [1.82, 2.24) is 15.5 Å². The van der Waals surface area contributed by atoms with Gasteiger partial charge in [0.05, 0.1) is 25.2 Å². The molecule has 1 fully saturated rings. The molecule has 1 unspecified atom stereocenters. The quantitative estimate of drug-likeness (QED) is 0.269. The summed E-state index contributed by atoms with van der Waals surface area (Å²) in [5.74, 6) is -0.941. The molecule has 1 aromatic carbocycles. The lowest BCUT2D eigenvalue weighted by atomic mass is 10.1. The summed E-state index contributed by atoms with van der Waals surface area (Å²) in [5, 5.41) is 5.43. The average Bonchev–Trinajstić information content (AvgIpc) is 2.76. The van der Waals surface area contributed by atoms with Crippen molar-refractivity contribution in [2.24, 2.45) is 0 Å². The highest BCUT2D eigenvalue weighted by atomic mass is 79.9. The number of esters is 1. The molecule has 0 saturated carbocycles. The van der Waals surface area contributed by atoms with E-state index in [1.54, 1.807) is 25.3 Å². The van der Waals surface area contributed by atoms with Crippen LogP contribution in [0.2, 0.25) is 0 Å². The van der Waals surface area contributed by atoms with Crippen LogP contribution in [-0.2, 0) is 19.1 Å². The van der Waals surface area contributed by atoms with Crippen molar-refractivity contribution in [1.29, 1.82) is 0 Å². The lowest BCUT2D eigenvalue weighted by Gasteiger charge is -2.36. The van der Waals surface area contributed by atoms with E-state index >= 15 is 0 Å². The first-order valence-electron chi connectivity index (χ1n) is 10.3. The maximum absolute atomic E-state index is 12.9. The maximum atomic E-state index is 12.9. The molecule has 0 bridgehead atoms. The number of piperazine rings is 1. The Morgan fingerprint density at radius 3 is 2.81 bits per heavy atom. The topological polar surface area (TPSA) is 106 Å². The van der Waals surface area contributed by atoms with Crippen LogP contribution in [0.3, 0.4) is 0 Å². The van der Waals surface area contributed by atoms with Crippen molar-refractivity contribution in [3.05, 3.63) is 28.2 Å². The molecule has 176 valence electrons. The fourth-order valence-corrected chi connectivity index (χ4v) is 3.66. The van der Waals surface area contributed by atoms with E-state index in [1.807, 2.05) is 6.92 Å². The molecule has 1 aliphatic heterocycles. The number of amides is 2. The van der Waals surface area contributed by atoms with Gasteiger partial charge >= 0.3 is 5.97 Å². The van der Waals surface area contributed by atoms with Crippen LogP contribution in [0.25, 0.3) is 0 Å². The van der Waals surface area contributed by atoms with Crippen molar-refractivity contribution in [2.45, 2.75) is 32.2 Å². The number of carbonyl (C=O) groups is 3. The number of methoxy groups -OCH3 is 1. The number of carbonyl (C=O) groups excluding carboxylic acids is 3. The Kier molecular flexibility index (Phi) is 10.8. The number of halogens is 1. The highest BCUT2D eigenvalue weighted by Crippen LogP contribution is 2.23. The molecule has 2 amide bonds. The average molecular weight is 530 g/mol. The zero-order valence-electron chi connectivity index (χ0n) is 18.1. The maximum Gasteiger partial charge on any atom is 0.308 e. The molecule has 1 aliphatic rings. The van der Waals surface area contributed by atoms with Gasteiger partial charge in [-0.2, -0.15) is 0 Å². The molecule has 32 heavy (non-hydrogen) atoms. The van der Waals surface area contributed by atoms with Gasteiger partial charge in [0.25, 0.3) is 5.91 Å². The number of hydrogen-bond donors (Lipinski definition) is 2. The van der Waals surface area contributed by atoms with Crippen LogP contribution in [0.1, 0.15) is 36.5 Å². The van der Waals surface area contributed by atoms with Gasteiger partial charge in [0.2, 0.25) is 5.91 Å². The molecular formula is C21H28BrN3O6S. The van der Waals surface area contributed by atoms with Crippen molar-refractivity contribution in [2.75, 3.05) is 40.0 Å². The zero-order chi connectivity index (χ0) is 23.5. The number of unbranched alkanes of at least 4 members (excludes halogenated alkanes) is 1. The number of ether oxygens (including phenoxy) is 3. The van der Waals surface area contributed by atoms with Gasteiger partial charge in [0, 0.05) is 24.7 Å². The molecule has 0 radical (unpaired) electrons. The standard InChI is InChI=1S/C21H28BrN3O6S/c1-3-4-9-31-18(26)13-16-20(28)23-7-8-25(16)21(32)24-19(27)15-12-14(22)5-6-17(15)30-11-10-29-2/h5-6,12,16H,3-4,7-11,13H2,1-2H3,(H,23,28)(H,24,27,32). The Hall–Kier alpha value is -2.24. The van der Waals surface area contributed by atoms with Crippen LogP contribution in [-0.4, -0.2) is 73.9 Å². The van der Waals surface area contributed by atoms with Gasteiger partial charge < -0.3 is 24.4 Å². The van der Waals surface area contributed by atoms with Crippen molar-refractivity contribution in [3.8, 4) is 5.75 Å². The van der Waals surface area contributed by atoms with Gasteiger partial charge in [-0.05, 0) is 36.8 Å². The van der Waals surface area contributed by atoms with E-state index in [0.29, 0.717) is 36.5 Å². The molecule has 1 aromatic rings. The molecule has 1 heterocycles. The molecule has 9 nitrogen and oxygen atoms in total. The minimum absolute atomic E-state index is 0.0547. The van der Waals surface area contributed by atoms with Gasteiger partial charge in [-0.15, -0.1) is 0 Å². The second-order valence-corrected chi connectivity index (χ2v) is 8.32. The fourth-order valence-electron chi connectivity index (χ4n) is 2.98. The third-order valence-corrected chi connectivity index (χ3v) is 5.49. The molecule has 1 saturated heterocycles. The van der Waals surface area contributed by atoms with Crippen LogP contribution in [0.4, 0.5) is 0 Å². The van der Waals surface area contributed by atoms with Crippen LogP contribution in [0, 0.1) is 0 Å². The van der Waals surface area contributed by atoms with E-state index in [9.17, 15) is 14.4 Å². The Balaban J connectivity index is 2.08. The minimum atomic E-state index is -0.856. The lowest BCUT2D eigenvalue weighted by Crippen LogP contribution is -2.60. The third-order valence-electron chi connectivity index (χ3n) is 4.66. The Bertz CT molecular complexity index is 838. The van der Waals surface area contributed by atoms with Crippen molar-refractivity contribution >= 4 is 51.0 Å². The van der Waals surface area contributed by atoms with Crippen LogP contribution in [0.5, 0.6) is 5.75 Å². The highest BCUT2D eigenvalue weighted by Gasteiger charge is 2.34. The van der Waals surface area contributed by atoms with Crippen LogP contribution >= 0.6 is 28.1 Å². The monoisotopic (exact) mass is 529 g/mol. The SMILES string of the molecule is CCCCOC(=O)CC1C(=O)NCCN1C(=S)NC(=O)c1cc(Br)ccc1OCCOC. The predicted octanol–water partition coefficient (Wildman–Crippen LogP) is 2.02. The van der Waals surface area contributed by atoms with Gasteiger partial charge in [-0.1, -0.05) is 29.3 Å². The number of benzene rings is 1. The molecule has 2 N–H and O–H groups in total. The largest absolute Gasteiger partial charge is 0.490 e. The fraction of sp³-hybridized carbons (Fsp3) is 0.524. The number of nitrogens with zero attached hydrogens (tertiary/aromatic N) is 1. The van der Waals surface area contributed by atoms with Gasteiger partial charge in [0.1, 0.15) is 18.4 Å². The molecular weight excluding hydrogens is 502 g/mol. The molecule has 2 rings (SSSR count). The Morgan fingerprint density at radius 1 is 1.31 bits per heavy atom. The summed E-state index contributed by atoms with van der Waals surface area (Å²) in [5.41, 5.74) is 0.273. The second-order valence-electron chi connectivity index (χ2n) is 7.02. The van der Waals surface area contributed by atoms with Gasteiger partial charge in [0.15, 0.2) is 5.11 Å². The number of hydrogen-bond acceptors (Lipinski definition) is 7. The first-order valence-corrected chi connectivity index (χ1v) is 11.5. The smallest absolute Gasteiger partial charge is 0.308 e. The van der Waals surface area contributed by atoms with E-state index in [-0.39, 0.29) is 29.6 Å². The van der Waals surface area contributed by atoms with E-state index in [4.69, 9.17) is 26.4 Å². The zero-order valence-corrected chi connectivity index (χ0v) is 20.6. The summed E-state index contributed by atoms with van der Waals surface area (Å²) < 4.78 is 16.5. The molecule has 0 aromatic heterocycles. The summed E-state index contributed by atoms with van der Waals surface area (Å²) >= 11 is 8.76. The third kappa shape index (κ3) is 7.72. The normalized spacial score (nSPS) is 15.7. The molecule has 1 atom stereocenters. The summed E-state index contributed by atoms with van der Waals surface area (Å²) in [6.07, 6.45) is 1.49. The van der Waals surface area contributed by atoms with Gasteiger partial charge in [-0.25, -0.2) is 0 Å². The first kappa shape index (κ1) is 26.0. The summed E-state index contributed by atoms with van der Waals surface area (Å²) in [4.78, 5) is 39.0. The lowest BCUT2D eigenvalue weighted by molar-refractivity contribution is -0.147. The highest BCUT2D eigenvalue weighted by molar-refractivity contribution is 9.10. The van der Waals surface area contributed by atoms with Crippen molar-refractivity contribution in [3.63, 3.8) is 0 Å². The van der Waals surface area contributed by atoms with Crippen molar-refractivity contribution < 1.29 is 28.6 Å². The van der Waals surface area contributed by atoms with E-state index in [1.165, 1.54) is 4.90 Å². The summed E-state index contributed by atoms with van der Waals surface area (Å²) in [7, 11) is 1.56. The second kappa shape index (κ2) is 13.3. The number of rotatable bonds is 10. The van der Waals surface area contributed by atoms with E-state index in [0.717, 1.165) is 12.8 Å². The van der Waals surface area contributed by atoms with Crippen LogP contribution < -0.4 is 15.4 Å². The van der Waals surface area contributed by atoms with E-state index in [2.05, 4.69) is 26.6 Å². The summed E-state index contributed by atoms with van der Waals surface area (Å²) in [6.45, 7) is 3.64. The Morgan fingerprint density at radius 2 is 2.09 bits per heavy atom. The number of thiocarbonyl (C=S) groups is 1. The Labute approximate surface area is 201 Å². The van der Waals surface area contributed by atoms with Gasteiger partial charge in [-0.3, -0.25) is 19.7 Å². The summed E-state index contributed by atoms with van der Waals surface area (Å²) in [6, 6.07) is 4.18. The van der Waals surface area contributed by atoms with E-state index < -0.39 is 17.9 Å². The predicted molar refractivity (Wildman–Crippen MR) is 126 cm³/mol. The molecule has 0 aliphatic carbocycles. The van der Waals surface area contributed by atoms with Crippen LogP contribution in [0.15, 0.2) is 22.7 Å². The molecule has 0 spiro atoms. The number of nitrogens with one attached hydrogen (secondary N) is 2. The first-order chi connectivity index (χ1) is 15.4. The molecule has 11 heteroatoms. The minimum Gasteiger partial charge on any atom is -0.490 e.